The lowest BCUT2D eigenvalue weighted by molar-refractivity contribution is -0.231. The third kappa shape index (κ3) is 10.0. The molecule has 3 N–H and O–H groups in total. The van der Waals surface area contributed by atoms with Crippen LogP contribution in [0.3, 0.4) is 0 Å². The molecule has 0 aromatic heterocycles. The minimum atomic E-state index is -0.813. The summed E-state index contributed by atoms with van der Waals surface area (Å²) in [6.45, 7) is 1.11. The molecule has 10 heteroatoms. The van der Waals surface area contributed by atoms with E-state index in [-0.39, 0.29) is 5.56 Å². The van der Waals surface area contributed by atoms with E-state index in [4.69, 9.17) is 27.4 Å². The van der Waals surface area contributed by atoms with Gasteiger partial charge in [-0.1, -0.05) is 35.9 Å². The zero-order valence-electron chi connectivity index (χ0n) is 13.4. The van der Waals surface area contributed by atoms with Crippen molar-refractivity contribution in [2.45, 2.75) is 6.92 Å². The molecule has 0 aliphatic carbocycles. The molecule has 0 heterocycles. The van der Waals surface area contributed by atoms with Crippen LogP contribution in [0.4, 0.5) is 0 Å². The van der Waals surface area contributed by atoms with Gasteiger partial charge in [-0.2, -0.15) is 15.8 Å². The van der Waals surface area contributed by atoms with E-state index in [1.165, 1.54) is 12.1 Å². The van der Waals surface area contributed by atoms with Crippen LogP contribution in [0.25, 0.3) is 0 Å². The van der Waals surface area contributed by atoms with Gasteiger partial charge in [0.05, 0.1) is 11.1 Å². The van der Waals surface area contributed by atoms with E-state index in [1.807, 2.05) is 0 Å². The van der Waals surface area contributed by atoms with Crippen LogP contribution in [0.1, 0.15) is 27.6 Å². The Balaban J connectivity index is 0.000000387. The van der Waals surface area contributed by atoms with Crippen LogP contribution in [0.2, 0.25) is 5.02 Å². The van der Waals surface area contributed by atoms with Crippen molar-refractivity contribution in [1.29, 1.82) is 0 Å². The topological polar surface area (TPSA) is 140 Å². The van der Waals surface area contributed by atoms with Gasteiger partial charge in [-0.05, 0) is 30.3 Å². The molecule has 0 radical (unpaired) electrons. The maximum atomic E-state index is 10.6. The van der Waals surface area contributed by atoms with Crippen LogP contribution in [-0.2, 0) is 19.5 Å². The highest BCUT2D eigenvalue weighted by Crippen LogP contribution is 2.10. The molecule has 0 fully saturated rings. The zero-order chi connectivity index (χ0) is 19.9. The highest BCUT2D eigenvalue weighted by molar-refractivity contribution is 6.30. The molecular weight excluding hydrogens is 372 g/mol. The minimum absolute atomic E-state index is 0.222. The number of carbonyl (C=O) groups excluding carboxylic acids is 3. The van der Waals surface area contributed by atoms with E-state index < -0.39 is 17.9 Å². The highest BCUT2D eigenvalue weighted by atomic mass is 35.5. The van der Waals surface area contributed by atoms with Gasteiger partial charge in [0.1, 0.15) is 0 Å². The average Bonchev–Trinajstić information content (AvgIpc) is 2.68. The Labute approximate surface area is 152 Å². The molecule has 2 aromatic carbocycles. The van der Waals surface area contributed by atoms with Gasteiger partial charge in [0, 0.05) is 11.9 Å². The van der Waals surface area contributed by atoms with E-state index in [9.17, 15) is 14.4 Å². The standard InChI is InChI=1S/C7H5ClO3.C7H6O3.C2H4O3/c8-6-3-1-2-5(4-6)7(9)11-10;8-7(10-9)6-4-2-1-3-5-6;1-2(3)5-4/h1-4,10H;1-5,9H;4H,1H3. The molecule has 0 bridgehead atoms. The van der Waals surface area contributed by atoms with Crippen molar-refractivity contribution in [3.63, 3.8) is 0 Å². The smallest absolute Gasteiger partial charge is 0.301 e. The van der Waals surface area contributed by atoms with Gasteiger partial charge < -0.3 is 4.89 Å². The van der Waals surface area contributed by atoms with Crippen molar-refractivity contribution >= 4 is 29.5 Å². The molecule has 0 amide bonds. The van der Waals surface area contributed by atoms with Crippen molar-refractivity contribution in [2.75, 3.05) is 0 Å². The van der Waals surface area contributed by atoms with Crippen LogP contribution < -0.4 is 0 Å². The van der Waals surface area contributed by atoms with Crippen molar-refractivity contribution in [3.8, 4) is 0 Å². The first-order valence-electron chi connectivity index (χ1n) is 6.69. The maximum Gasteiger partial charge on any atom is 0.372 e. The van der Waals surface area contributed by atoms with Crippen molar-refractivity contribution in [3.05, 3.63) is 70.7 Å². The molecule has 0 saturated carbocycles. The fourth-order valence-corrected chi connectivity index (χ4v) is 1.49. The normalized spacial score (nSPS) is 8.65. The number of hydrogen-bond acceptors (Lipinski definition) is 9. The highest BCUT2D eigenvalue weighted by Gasteiger charge is 2.05. The summed E-state index contributed by atoms with van der Waals surface area (Å²) in [7, 11) is 0. The second-order valence-electron chi connectivity index (χ2n) is 4.22. The fraction of sp³-hybridized carbons (Fsp3) is 0.0625. The summed E-state index contributed by atoms with van der Waals surface area (Å²) in [5.74, 6) is -2.24. The molecule has 9 nitrogen and oxygen atoms in total. The summed E-state index contributed by atoms with van der Waals surface area (Å²) in [5.41, 5.74) is 0.560. The zero-order valence-corrected chi connectivity index (χ0v) is 14.1. The Kier molecular flexibility index (Phi) is 11.8. The molecule has 2 aromatic rings. The molecular formula is C16H15ClO9. The Morgan fingerprint density at radius 1 is 0.769 bits per heavy atom. The van der Waals surface area contributed by atoms with Crippen LogP contribution in [0.5, 0.6) is 0 Å². The number of rotatable bonds is 2. The van der Waals surface area contributed by atoms with Crippen LogP contribution in [0, 0.1) is 0 Å². The van der Waals surface area contributed by atoms with Gasteiger partial charge in [0.15, 0.2) is 0 Å². The van der Waals surface area contributed by atoms with Crippen molar-refractivity contribution < 1.29 is 44.8 Å². The molecule has 0 aliphatic rings. The predicted octanol–water partition coefficient (Wildman–Crippen LogP) is 3.31. The van der Waals surface area contributed by atoms with Crippen molar-refractivity contribution in [1.82, 2.24) is 0 Å². The Hall–Kier alpha value is -2.98. The molecule has 0 saturated heterocycles. The lowest BCUT2D eigenvalue weighted by atomic mass is 10.2. The summed E-state index contributed by atoms with van der Waals surface area (Å²) in [5, 5.41) is 23.6. The first-order valence-corrected chi connectivity index (χ1v) is 7.07. The van der Waals surface area contributed by atoms with Gasteiger partial charge >= 0.3 is 17.9 Å². The number of carbonyl (C=O) groups is 3. The van der Waals surface area contributed by atoms with Gasteiger partial charge in [-0.15, -0.1) is 0 Å². The summed E-state index contributed by atoms with van der Waals surface area (Å²) in [6, 6.07) is 14.4. The maximum absolute atomic E-state index is 10.6. The third-order valence-electron chi connectivity index (χ3n) is 2.36. The van der Waals surface area contributed by atoms with Crippen LogP contribution in [-0.4, -0.2) is 33.7 Å². The number of hydrogen-bond donors (Lipinski definition) is 3. The molecule has 0 spiro atoms. The molecule has 0 unspecified atom stereocenters. The largest absolute Gasteiger partial charge is 0.372 e. The monoisotopic (exact) mass is 386 g/mol. The van der Waals surface area contributed by atoms with Crippen LogP contribution in [0.15, 0.2) is 54.6 Å². The summed E-state index contributed by atoms with van der Waals surface area (Å²) >= 11 is 5.56. The Morgan fingerprint density at radius 3 is 1.65 bits per heavy atom. The second-order valence-corrected chi connectivity index (χ2v) is 4.65. The Morgan fingerprint density at radius 2 is 1.23 bits per heavy atom. The van der Waals surface area contributed by atoms with E-state index in [1.54, 1.807) is 42.5 Å². The van der Waals surface area contributed by atoms with Crippen LogP contribution >= 0.6 is 11.6 Å². The van der Waals surface area contributed by atoms with Gasteiger partial charge in [-0.3, -0.25) is 9.78 Å². The number of halogens is 1. The predicted molar refractivity (Wildman–Crippen MR) is 88.4 cm³/mol. The van der Waals surface area contributed by atoms with Gasteiger partial charge in [-0.25, -0.2) is 14.4 Å². The SMILES string of the molecule is CC(=O)OO.O=C(OO)c1cccc(Cl)c1.O=C(OO)c1ccccc1. The van der Waals surface area contributed by atoms with E-state index in [2.05, 4.69) is 14.7 Å². The quantitative estimate of drug-likeness (QED) is 0.402. The average molecular weight is 387 g/mol. The van der Waals surface area contributed by atoms with E-state index >= 15 is 0 Å². The first-order chi connectivity index (χ1) is 12.3. The van der Waals surface area contributed by atoms with Crippen molar-refractivity contribution in [2.24, 2.45) is 0 Å². The molecule has 0 atom stereocenters. The summed E-state index contributed by atoms with van der Waals surface area (Å²) < 4.78 is 0. The lowest BCUT2D eigenvalue weighted by Gasteiger charge is -1.95. The van der Waals surface area contributed by atoms with Gasteiger partial charge in [0.2, 0.25) is 0 Å². The Bertz CT molecular complexity index is 704. The fourth-order valence-electron chi connectivity index (χ4n) is 1.30. The molecule has 26 heavy (non-hydrogen) atoms. The second kappa shape index (κ2) is 13.3. The third-order valence-corrected chi connectivity index (χ3v) is 2.60. The minimum Gasteiger partial charge on any atom is -0.301 e. The molecule has 140 valence electrons. The van der Waals surface area contributed by atoms with E-state index in [0.717, 1.165) is 6.92 Å². The molecule has 2 rings (SSSR count). The van der Waals surface area contributed by atoms with E-state index in [0.29, 0.717) is 10.6 Å². The first kappa shape index (κ1) is 23.0. The molecule has 0 aliphatic heterocycles. The summed E-state index contributed by atoms with van der Waals surface area (Å²) in [6.07, 6.45) is 0. The summed E-state index contributed by atoms with van der Waals surface area (Å²) in [4.78, 5) is 40.6. The lowest BCUT2D eigenvalue weighted by Crippen LogP contribution is -2.00. The van der Waals surface area contributed by atoms with Gasteiger partial charge in [0.25, 0.3) is 0 Å². The number of benzene rings is 2.